The van der Waals surface area contributed by atoms with Gasteiger partial charge in [0.1, 0.15) is 0 Å². The van der Waals surface area contributed by atoms with Crippen LogP contribution in [0.4, 0.5) is 0 Å². The normalized spacial score (nSPS) is 15.8. The van der Waals surface area contributed by atoms with E-state index < -0.39 is 0 Å². The van der Waals surface area contributed by atoms with Crippen molar-refractivity contribution in [2.24, 2.45) is 17.2 Å². The van der Waals surface area contributed by atoms with Crippen molar-refractivity contribution in [3.63, 3.8) is 0 Å². The standard InChI is InChI=1S/C14H30N2/c1-6-7-8-9-13(16-15)10-12(2)11-14(3,4)5/h6,12-13,16H,1,7-11,15H2,2-5H3. The van der Waals surface area contributed by atoms with Crippen LogP contribution in [0.15, 0.2) is 12.7 Å². The number of nitrogens with two attached hydrogens (primary N) is 1. The van der Waals surface area contributed by atoms with Crippen LogP contribution in [0.5, 0.6) is 0 Å². The molecule has 3 N–H and O–H groups in total. The predicted molar refractivity (Wildman–Crippen MR) is 73.0 cm³/mol. The molecule has 0 heterocycles. The van der Waals surface area contributed by atoms with Crippen LogP contribution < -0.4 is 11.3 Å². The summed E-state index contributed by atoms with van der Waals surface area (Å²) in [6.07, 6.45) is 7.83. The van der Waals surface area contributed by atoms with E-state index in [1.807, 2.05) is 6.08 Å². The fourth-order valence-electron chi connectivity index (χ4n) is 2.39. The Morgan fingerprint density at radius 2 is 2.00 bits per heavy atom. The molecular formula is C14H30N2. The number of hydrogen-bond acceptors (Lipinski definition) is 2. The van der Waals surface area contributed by atoms with E-state index in [9.17, 15) is 0 Å². The fraction of sp³-hybridized carbons (Fsp3) is 0.857. The summed E-state index contributed by atoms with van der Waals surface area (Å²) in [4.78, 5) is 0. The van der Waals surface area contributed by atoms with Gasteiger partial charge in [0, 0.05) is 6.04 Å². The van der Waals surface area contributed by atoms with Crippen molar-refractivity contribution in [1.29, 1.82) is 0 Å². The second-order valence-corrected chi connectivity index (χ2v) is 6.19. The number of nitrogens with one attached hydrogen (secondary N) is 1. The molecule has 0 rings (SSSR count). The Balaban J connectivity index is 3.87. The van der Waals surface area contributed by atoms with Crippen LogP contribution in [0.3, 0.4) is 0 Å². The van der Waals surface area contributed by atoms with Crippen molar-refractivity contribution in [2.45, 2.75) is 65.8 Å². The van der Waals surface area contributed by atoms with Gasteiger partial charge in [-0.25, -0.2) is 0 Å². The molecule has 0 bridgehead atoms. The average Bonchev–Trinajstić information content (AvgIpc) is 2.13. The van der Waals surface area contributed by atoms with Gasteiger partial charge < -0.3 is 0 Å². The number of allylic oxidation sites excluding steroid dienone is 1. The highest BCUT2D eigenvalue weighted by atomic mass is 15.2. The first-order valence-electron chi connectivity index (χ1n) is 6.46. The third-order valence-electron chi connectivity index (χ3n) is 2.84. The lowest BCUT2D eigenvalue weighted by molar-refractivity contribution is 0.270. The second kappa shape index (κ2) is 7.86. The van der Waals surface area contributed by atoms with E-state index in [-0.39, 0.29) is 0 Å². The summed E-state index contributed by atoms with van der Waals surface area (Å²) >= 11 is 0. The van der Waals surface area contributed by atoms with Crippen molar-refractivity contribution in [3.05, 3.63) is 12.7 Å². The van der Waals surface area contributed by atoms with Gasteiger partial charge in [0.25, 0.3) is 0 Å². The van der Waals surface area contributed by atoms with Crippen LogP contribution in [0.25, 0.3) is 0 Å². The molecule has 0 aliphatic heterocycles. The van der Waals surface area contributed by atoms with E-state index in [4.69, 9.17) is 5.84 Å². The van der Waals surface area contributed by atoms with Gasteiger partial charge in [-0.15, -0.1) is 6.58 Å². The van der Waals surface area contributed by atoms with Crippen LogP contribution in [0, 0.1) is 11.3 Å². The molecule has 2 unspecified atom stereocenters. The van der Waals surface area contributed by atoms with Gasteiger partial charge in [0.2, 0.25) is 0 Å². The van der Waals surface area contributed by atoms with E-state index in [1.54, 1.807) is 0 Å². The molecule has 96 valence electrons. The Hall–Kier alpha value is -0.340. The number of hydrogen-bond donors (Lipinski definition) is 2. The molecule has 0 aromatic rings. The van der Waals surface area contributed by atoms with E-state index in [0.717, 1.165) is 18.8 Å². The Morgan fingerprint density at radius 3 is 2.44 bits per heavy atom. The van der Waals surface area contributed by atoms with E-state index in [2.05, 4.69) is 39.7 Å². The molecule has 0 aromatic carbocycles. The van der Waals surface area contributed by atoms with E-state index >= 15 is 0 Å². The highest BCUT2D eigenvalue weighted by molar-refractivity contribution is 4.74. The molecule has 2 atom stereocenters. The zero-order valence-electron chi connectivity index (χ0n) is 11.6. The SMILES string of the molecule is C=CCCCC(CC(C)CC(C)(C)C)NN. The van der Waals surface area contributed by atoms with E-state index in [0.29, 0.717) is 11.5 Å². The summed E-state index contributed by atoms with van der Waals surface area (Å²) in [5, 5.41) is 0. The lowest BCUT2D eigenvalue weighted by Crippen LogP contribution is -2.36. The molecule has 0 fully saturated rings. The van der Waals surface area contributed by atoms with E-state index in [1.165, 1.54) is 19.3 Å². The minimum absolute atomic E-state index is 0.416. The monoisotopic (exact) mass is 226 g/mol. The Labute approximate surface area is 102 Å². The van der Waals surface area contributed by atoms with Crippen molar-refractivity contribution in [2.75, 3.05) is 0 Å². The first-order valence-corrected chi connectivity index (χ1v) is 6.46. The second-order valence-electron chi connectivity index (χ2n) is 6.19. The Morgan fingerprint density at radius 1 is 1.38 bits per heavy atom. The molecule has 0 amide bonds. The minimum Gasteiger partial charge on any atom is -0.271 e. The minimum atomic E-state index is 0.416. The zero-order valence-corrected chi connectivity index (χ0v) is 11.6. The summed E-state index contributed by atoms with van der Waals surface area (Å²) in [6.45, 7) is 13.0. The first-order chi connectivity index (χ1) is 7.39. The Kier molecular flexibility index (Phi) is 7.69. The highest BCUT2D eigenvalue weighted by Crippen LogP contribution is 2.27. The smallest absolute Gasteiger partial charge is 0.0213 e. The molecule has 2 heteroatoms. The first kappa shape index (κ1) is 15.7. The lowest BCUT2D eigenvalue weighted by Gasteiger charge is -2.26. The van der Waals surface area contributed by atoms with Gasteiger partial charge in [-0.1, -0.05) is 33.8 Å². The summed E-state index contributed by atoms with van der Waals surface area (Å²) in [5.41, 5.74) is 3.36. The summed E-state index contributed by atoms with van der Waals surface area (Å²) in [5.74, 6) is 6.32. The highest BCUT2D eigenvalue weighted by Gasteiger charge is 2.18. The van der Waals surface area contributed by atoms with Crippen molar-refractivity contribution < 1.29 is 0 Å². The maximum atomic E-state index is 5.59. The van der Waals surface area contributed by atoms with Crippen molar-refractivity contribution in [1.82, 2.24) is 5.43 Å². The number of hydrazine groups is 1. The van der Waals surface area contributed by atoms with Crippen molar-refractivity contribution >= 4 is 0 Å². The topological polar surface area (TPSA) is 38.0 Å². The van der Waals surface area contributed by atoms with Gasteiger partial charge in [-0.3, -0.25) is 11.3 Å². The number of unbranched alkanes of at least 4 members (excludes halogenated alkanes) is 1. The van der Waals surface area contributed by atoms with Gasteiger partial charge >= 0.3 is 0 Å². The van der Waals surface area contributed by atoms with Gasteiger partial charge in [0.05, 0.1) is 0 Å². The zero-order chi connectivity index (χ0) is 12.6. The summed E-state index contributed by atoms with van der Waals surface area (Å²) < 4.78 is 0. The van der Waals surface area contributed by atoms with Crippen LogP contribution in [-0.2, 0) is 0 Å². The van der Waals surface area contributed by atoms with Crippen LogP contribution in [0.1, 0.15) is 59.8 Å². The van der Waals surface area contributed by atoms with Crippen LogP contribution >= 0.6 is 0 Å². The molecule has 2 nitrogen and oxygen atoms in total. The molecular weight excluding hydrogens is 196 g/mol. The maximum absolute atomic E-state index is 5.59. The molecule has 0 aliphatic rings. The fourth-order valence-corrected chi connectivity index (χ4v) is 2.39. The average molecular weight is 226 g/mol. The lowest BCUT2D eigenvalue weighted by atomic mass is 9.82. The van der Waals surface area contributed by atoms with Crippen LogP contribution in [-0.4, -0.2) is 6.04 Å². The molecule has 0 radical (unpaired) electrons. The van der Waals surface area contributed by atoms with Crippen LogP contribution in [0.2, 0.25) is 0 Å². The third-order valence-corrected chi connectivity index (χ3v) is 2.84. The summed E-state index contributed by atoms with van der Waals surface area (Å²) in [7, 11) is 0. The Bertz CT molecular complexity index is 182. The number of rotatable bonds is 8. The third kappa shape index (κ3) is 8.93. The molecule has 0 saturated carbocycles. The molecule has 0 spiro atoms. The van der Waals surface area contributed by atoms with Gasteiger partial charge in [-0.05, 0) is 43.4 Å². The van der Waals surface area contributed by atoms with Gasteiger partial charge in [-0.2, -0.15) is 0 Å². The largest absolute Gasteiger partial charge is 0.271 e. The predicted octanol–water partition coefficient (Wildman–Crippen LogP) is 3.64. The molecule has 0 aliphatic carbocycles. The van der Waals surface area contributed by atoms with Crippen molar-refractivity contribution in [3.8, 4) is 0 Å². The molecule has 16 heavy (non-hydrogen) atoms. The summed E-state index contributed by atoms with van der Waals surface area (Å²) in [6, 6.07) is 0.456. The quantitative estimate of drug-likeness (QED) is 0.287. The molecule has 0 saturated heterocycles. The maximum Gasteiger partial charge on any atom is 0.0213 e. The van der Waals surface area contributed by atoms with Gasteiger partial charge in [0.15, 0.2) is 0 Å². The molecule has 0 aromatic heterocycles.